The van der Waals surface area contributed by atoms with E-state index in [2.05, 4.69) is 0 Å². The molecule has 0 spiro atoms. The summed E-state index contributed by atoms with van der Waals surface area (Å²) >= 11 is 0. The molecule has 13 N–H and O–H groups in total. The van der Waals surface area contributed by atoms with Crippen molar-refractivity contribution in [2.75, 3.05) is 0 Å². The molecule has 7 atom stereocenters. The van der Waals surface area contributed by atoms with Crippen molar-refractivity contribution in [2.24, 2.45) is 0 Å². The number of aromatic hydroxyl groups is 8. The number of carboxylic acids is 1. The maximum atomic E-state index is 13.8. The van der Waals surface area contributed by atoms with Crippen LogP contribution < -0.4 is 10.2 Å². The molecule has 0 amide bonds. The van der Waals surface area contributed by atoms with Crippen LogP contribution in [0.5, 0.6) is 51.7 Å². The van der Waals surface area contributed by atoms with Crippen LogP contribution >= 0.6 is 0 Å². The number of aliphatic carboxylic acids is 1. The first-order valence-electron chi connectivity index (χ1n) is 16.5. The number of phenolic OH excluding ortho intramolecular Hbond substituents is 7. The van der Waals surface area contributed by atoms with Crippen LogP contribution in [-0.4, -0.2) is 115 Å². The van der Waals surface area contributed by atoms with Gasteiger partial charge >= 0.3 is 11.9 Å². The van der Waals surface area contributed by atoms with Gasteiger partial charge in [0.25, 0.3) is 0 Å². The van der Waals surface area contributed by atoms with Gasteiger partial charge in [0.05, 0.1) is 23.2 Å². The van der Waals surface area contributed by atoms with E-state index < -0.39 is 130 Å². The second-order valence-corrected chi connectivity index (χ2v) is 13.3. The standard InChI is InChI=1S/C37H34O19/c38-16-8-19(39)18-10-26(34(55-25(18)9-16)14-5-20(40)30(46)21(41)6-14)56-35(50)15-3-17-13(4-22(42)32(48)29(17)33(49)23(43)7-15)1-2-28(45)54-27-12-37(53,36(51)52)11-24(44)31(27)47/h1-9,24,26-28,31,34,38-42,44-48,53H,10-12H2,(H,43,49)(H,51,52)/b2-1+/t24?,26-,27?,28?,31?,34-,37?/m1/s1. The van der Waals surface area contributed by atoms with Gasteiger partial charge in [0.1, 0.15) is 29.5 Å². The van der Waals surface area contributed by atoms with Gasteiger partial charge in [-0.15, -0.1) is 0 Å². The number of aliphatic hydroxyl groups excluding tert-OH is 3. The van der Waals surface area contributed by atoms with E-state index in [1.165, 1.54) is 0 Å². The van der Waals surface area contributed by atoms with Crippen molar-refractivity contribution in [3.05, 3.63) is 81.0 Å². The first-order valence-corrected chi connectivity index (χ1v) is 16.5. The van der Waals surface area contributed by atoms with Crippen molar-refractivity contribution in [3.8, 4) is 51.7 Å². The Balaban J connectivity index is 1.37. The van der Waals surface area contributed by atoms with E-state index >= 15 is 0 Å². The summed E-state index contributed by atoms with van der Waals surface area (Å²) in [5, 5.41) is 133. The van der Waals surface area contributed by atoms with E-state index in [1.807, 2.05) is 0 Å². The van der Waals surface area contributed by atoms with Crippen LogP contribution in [0.3, 0.4) is 0 Å². The summed E-state index contributed by atoms with van der Waals surface area (Å²) in [7, 11) is 0. The van der Waals surface area contributed by atoms with Crippen LogP contribution in [0.2, 0.25) is 0 Å². The molecule has 19 nitrogen and oxygen atoms in total. The largest absolute Gasteiger partial charge is 0.508 e. The molecule has 4 aromatic carbocycles. The van der Waals surface area contributed by atoms with Gasteiger partial charge in [-0.3, -0.25) is 4.79 Å². The van der Waals surface area contributed by atoms with Gasteiger partial charge in [0, 0.05) is 48.6 Å². The highest BCUT2D eigenvalue weighted by Gasteiger charge is 2.50. The fourth-order valence-electron chi connectivity index (χ4n) is 6.67. The molecule has 0 aromatic heterocycles. The molecule has 56 heavy (non-hydrogen) atoms. The number of carbonyl (C=O) groups excluding carboxylic acids is 1. The highest BCUT2D eigenvalue weighted by molar-refractivity contribution is 6.03. The Labute approximate surface area is 313 Å². The number of fused-ring (bicyclic) bond motifs is 2. The minimum absolute atomic E-state index is 0.0493. The lowest BCUT2D eigenvalue weighted by molar-refractivity contribution is -0.216. The van der Waals surface area contributed by atoms with E-state index in [0.717, 1.165) is 48.6 Å². The van der Waals surface area contributed by atoms with E-state index in [4.69, 9.17) is 14.2 Å². The SMILES string of the molecule is O=C(O[C@@H]1Cc2c(O)cc(O)cc2O[C@@H]1c1cc(O)c(O)c(O)c1)c1cc(=O)c(O)c2c(O)c(O)cc(/C=C/C(O)OC3CC(O)(C(=O)O)CC(O)C3O)c2c1. The van der Waals surface area contributed by atoms with Gasteiger partial charge in [-0.1, -0.05) is 6.08 Å². The van der Waals surface area contributed by atoms with Gasteiger partial charge in [0.2, 0.25) is 5.43 Å². The molecule has 1 aliphatic heterocycles. The molecule has 296 valence electrons. The highest BCUT2D eigenvalue weighted by Crippen LogP contribution is 2.46. The predicted molar refractivity (Wildman–Crippen MR) is 186 cm³/mol. The van der Waals surface area contributed by atoms with Gasteiger partial charge in [-0.2, -0.15) is 0 Å². The maximum Gasteiger partial charge on any atom is 0.338 e. The van der Waals surface area contributed by atoms with Crippen molar-refractivity contribution in [1.29, 1.82) is 0 Å². The molecule has 19 heteroatoms. The maximum absolute atomic E-state index is 13.8. The number of hydrogen-bond acceptors (Lipinski definition) is 18. The average molecular weight is 783 g/mol. The molecule has 4 aromatic rings. The molecule has 0 bridgehead atoms. The number of benzene rings is 3. The summed E-state index contributed by atoms with van der Waals surface area (Å²) < 4.78 is 16.9. The van der Waals surface area contributed by atoms with Gasteiger partial charge in [-0.05, 0) is 41.3 Å². The lowest BCUT2D eigenvalue weighted by atomic mass is 9.79. The van der Waals surface area contributed by atoms with Gasteiger partial charge in [0.15, 0.2) is 52.5 Å². The first-order chi connectivity index (χ1) is 26.3. The van der Waals surface area contributed by atoms with E-state index in [-0.39, 0.29) is 34.2 Å². The summed E-state index contributed by atoms with van der Waals surface area (Å²) in [5.41, 5.74) is -4.48. The van der Waals surface area contributed by atoms with Crippen molar-refractivity contribution in [1.82, 2.24) is 0 Å². The molecule has 1 saturated carbocycles. The van der Waals surface area contributed by atoms with E-state index in [9.17, 15) is 80.8 Å². The number of phenols is 7. The van der Waals surface area contributed by atoms with E-state index in [1.54, 1.807) is 0 Å². The van der Waals surface area contributed by atoms with E-state index in [0.29, 0.717) is 6.07 Å². The zero-order valence-corrected chi connectivity index (χ0v) is 28.5. The highest BCUT2D eigenvalue weighted by atomic mass is 16.6. The molecule has 1 fully saturated rings. The number of carbonyl (C=O) groups is 2. The number of rotatable bonds is 8. The molecule has 1 heterocycles. The fourth-order valence-corrected chi connectivity index (χ4v) is 6.67. The molecule has 6 rings (SSSR count). The molecule has 2 aliphatic rings. The lowest BCUT2D eigenvalue weighted by Gasteiger charge is -2.40. The molecule has 0 radical (unpaired) electrons. The topological polar surface area (TPSA) is 342 Å². The molecule has 1 aliphatic carbocycles. The molecular weight excluding hydrogens is 748 g/mol. The number of aliphatic hydroxyl groups is 4. The second-order valence-electron chi connectivity index (χ2n) is 13.3. The third-order valence-corrected chi connectivity index (χ3v) is 9.50. The fraction of sp³-hybridized carbons (Fsp3) is 0.270. The molecule has 5 unspecified atom stereocenters. The van der Waals surface area contributed by atoms with Crippen LogP contribution in [-0.2, 0) is 20.7 Å². The number of ether oxygens (including phenoxy) is 3. The van der Waals surface area contributed by atoms with Crippen molar-refractivity contribution in [2.45, 2.75) is 61.7 Å². The van der Waals surface area contributed by atoms with Crippen molar-refractivity contribution < 1.29 is 90.2 Å². The zero-order valence-electron chi connectivity index (χ0n) is 28.5. The molecular formula is C37H34O19. The molecule has 0 saturated heterocycles. The van der Waals surface area contributed by atoms with Crippen LogP contribution in [0.25, 0.3) is 16.8 Å². The Hall–Kier alpha value is -6.51. The third-order valence-electron chi connectivity index (χ3n) is 9.50. The Morgan fingerprint density at radius 2 is 1.48 bits per heavy atom. The summed E-state index contributed by atoms with van der Waals surface area (Å²) in [4.78, 5) is 38.5. The Kier molecular flexibility index (Phi) is 10.2. The number of carboxylic acid groups (broad SMARTS) is 1. The van der Waals surface area contributed by atoms with Crippen LogP contribution in [0.15, 0.2) is 53.3 Å². The summed E-state index contributed by atoms with van der Waals surface area (Å²) in [6, 6.07) is 6.64. The predicted octanol–water partition coefficient (Wildman–Crippen LogP) is 0.795. The van der Waals surface area contributed by atoms with Gasteiger partial charge < -0.3 is 80.6 Å². The normalized spacial score (nSPS) is 24.0. The van der Waals surface area contributed by atoms with Crippen LogP contribution in [0, 0.1) is 0 Å². The first kappa shape index (κ1) is 39.2. The number of esters is 1. The van der Waals surface area contributed by atoms with Crippen LogP contribution in [0.4, 0.5) is 0 Å². The monoisotopic (exact) mass is 782 g/mol. The van der Waals surface area contributed by atoms with Gasteiger partial charge in [-0.25, -0.2) is 9.59 Å². The summed E-state index contributed by atoms with van der Waals surface area (Å²) in [5.74, 6) is -9.32. The summed E-state index contributed by atoms with van der Waals surface area (Å²) in [6.07, 6.45) is -9.72. The summed E-state index contributed by atoms with van der Waals surface area (Å²) in [6.45, 7) is 0. The van der Waals surface area contributed by atoms with Crippen molar-refractivity contribution in [3.63, 3.8) is 0 Å². The Bertz CT molecular complexity index is 2320. The van der Waals surface area contributed by atoms with Crippen LogP contribution in [0.1, 0.15) is 46.0 Å². The average Bonchev–Trinajstić information content (AvgIpc) is 3.25. The number of hydrogen-bond donors (Lipinski definition) is 13. The quantitative estimate of drug-likeness (QED) is 0.0667. The minimum Gasteiger partial charge on any atom is -0.508 e. The smallest absolute Gasteiger partial charge is 0.338 e. The lowest BCUT2D eigenvalue weighted by Crippen LogP contribution is -2.57. The Morgan fingerprint density at radius 3 is 2.14 bits per heavy atom. The Morgan fingerprint density at radius 1 is 0.821 bits per heavy atom. The minimum atomic E-state index is -2.50. The second kappa shape index (κ2) is 14.6. The zero-order chi connectivity index (χ0) is 41.0. The third kappa shape index (κ3) is 7.31. The van der Waals surface area contributed by atoms with Crippen molar-refractivity contribution >= 4 is 28.8 Å².